The Morgan fingerprint density at radius 2 is 1.68 bits per heavy atom. The van der Waals surface area contributed by atoms with E-state index in [2.05, 4.69) is 10.1 Å². The lowest BCUT2D eigenvalue weighted by Gasteiger charge is -2.12. The standard InChI is InChI=1S/C24H23N3O4/c1-14(2)12-27-23(29)17-9-5-4-8-16(17)22(26-27)24(30)31-13-20(28)21-15(3)25-19-11-7-6-10-18(19)21/h4-11,14,25H,12-13H2,1-3H3. The van der Waals surface area contributed by atoms with Crippen molar-refractivity contribution in [2.24, 2.45) is 5.92 Å². The van der Waals surface area contributed by atoms with E-state index in [0.29, 0.717) is 22.9 Å². The maximum absolute atomic E-state index is 12.9. The van der Waals surface area contributed by atoms with Gasteiger partial charge in [0.2, 0.25) is 5.78 Å². The van der Waals surface area contributed by atoms with Crippen LogP contribution < -0.4 is 5.56 Å². The van der Waals surface area contributed by atoms with Crippen LogP contribution in [0.1, 0.15) is 40.4 Å². The third kappa shape index (κ3) is 3.86. The van der Waals surface area contributed by atoms with E-state index in [4.69, 9.17) is 4.74 Å². The number of fused-ring (bicyclic) bond motifs is 2. The minimum atomic E-state index is -0.737. The summed E-state index contributed by atoms with van der Waals surface area (Å²) in [6, 6.07) is 14.3. The van der Waals surface area contributed by atoms with Crippen molar-refractivity contribution in [3.63, 3.8) is 0 Å². The van der Waals surface area contributed by atoms with E-state index in [9.17, 15) is 14.4 Å². The van der Waals surface area contributed by atoms with Gasteiger partial charge in [0.1, 0.15) is 0 Å². The van der Waals surface area contributed by atoms with E-state index in [1.54, 1.807) is 24.3 Å². The Labute approximate surface area is 178 Å². The Morgan fingerprint density at radius 1 is 1.03 bits per heavy atom. The molecule has 0 saturated carbocycles. The number of aryl methyl sites for hydroxylation is 1. The van der Waals surface area contributed by atoms with Crippen molar-refractivity contribution in [2.75, 3.05) is 6.61 Å². The zero-order valence-electron chi connectivity index (χ0n) is 17.6. The number of nitrogens with one attached hydrogen (secondary N) is 1. The molecule has 2 aromatic carbocycles. The zero-order chi connectivity index (χ0) is 22.1. The predicted molar refractivity (Wildman–Crippen MR) is 118 cm³/mol. The molecular weight excluding hydrogens is 394 g/mol. The van der Waals surface area contributed by atoms with Crippen molar-refractivity contribution >= 4 is 33.4 Å². The van der Waals surface area contributed by atoms with Crippen LogP contribution in [0.25, 0.3) is 21.7 Å². The molecule has 0 aliphatic rings. The van der Waals surface area contributed by atoms with Crippen LogP contribution in [0.15, 0.2) is 53.3 Å². The van der Waals surface area contributed by atoms with Gasteiger partial charge in [0.25, 0.3) is 5.56 Å². The number of benzene rings is 2. The first kappa shape index (κ1) is 20.5. The van der Waals surface area contributed by atoms with Crippen LogP contribution in [0.4, 0.5) is 0 Å². The van der Waals surface area contributed by atoms with Gasteiger partial charge in [0, 0.05) is 34.1 Å². The number of hydrogen-bond acceptors (Lipinski definition) is 5. The molecule has 7 nitrogen and oxygen atoms in total. The number of Topliss-reactive ketones (excluding diaryl/α,β-unsaturated/α-hetero) is 1. The molecule has 1 N–H and O–H groups in total. The molecular formula is C24H23N3O4. The number of esters is 1. The summed E-state index contributed by atoms with van der Waals surface area (Å²) in [6.45, 7) is 5.69. The van der Waals surface area contributed by atoms with Crippen molar-refractivity contribution in [3.8, 4) is 0 Å². The van der Waals surface area contributed by atoms with Crippen molar-refractivity contribution in [1.29, 1.82) is 0 Å². The number of nitrogens with zero attached hydrogens (tertiary/aromatic N) is 2. The fraction of sp³-hybridized carbons (Fsp3) is 0.250. The SMILES string of the molecule is Cc1[nH]c2ccccc2c1C(=O)COC(=O)c1nn(CC(C)C)c(=O)c2ccccc12. The number of ketones is 1. The van der Waals surface area contributed by atoms with E-state index in [-0.39, 0.29) is 23.0 Å². The van der Waals surface area contributed by atoms with Gasteiger partial charge < -0.3 is 9.72 Å². The zero-order valence-corrected chi connectivity index (χ0v) is 17.6. The molecule has 4 aromatic rings. The van der Waals surface area contributed by atoms with Gasteiger partial charge in [0.05, 0.1) is 5.39 Å². The fourth-order valence-electron chi connectivity index (χ4n) is 3.76. The topological polar surface area (TPSA) is 94.1 Å². The van der Waals surface area contributed by atoms with Crippen LogP contribution >= 0.6 is 0 Å². The fourth-order valence-corrected chi connectivity index (χ4v) is 3.76. The van der Waals surface area contributed by atoms with Crippen molar-refractivity contribution in [2.45, 2.75) is 27.3 Å². The van der Waals surface area contributed by atoms with E-state index >= 15 is 0 Å². The molecule has 4 rings (SSSR count). The Morgan fingerprint density at radius 3 is 2.39 bits per heavy atom. The first-order valence-corrected chi connectivity index (χ1v) is 10.1. The van der Waals surface area contributed by atoms with Crippen LogP contribution in [-0.4, -0.2) is 33.1 Å². The molecule has 0 bridgehead atoms. The molecule has 0 unspecified atom stereocenters. The monoisotopic (exact) mass is 417 g/mol. The summed E-state index contributed by atoms with van der Waals surface area (Å²) in [5, 5.41) is 5.85. The third-order valence-corrected chi connectivity index (χ3v) is 5.11. The van der Waals surface area contributed by atoms with Gasteiger partial charge >= 0.3 is 5.97 Å². The van der Waals surface area contributed by atoms with Crippen molar-refractivity contribution in [1.82, 2.24) is 14.8 Å². The number of aromatic amines is 1. The Bertz CT molecular complexity index is 1360. The molecule has 0 radical (unpaired) electrons. The average Bonchev–Trinajstić information content (AvgIpc) is 3.09. The van der Waals surface area contributed by atoms with E-state index in [1.165, 1.54) is 4.68 Å². The molecule has 0 aliphatic heterocycles. The normalized spacial score (nSPS) is 11.4. The Hall–Kier alpha value is -3.74. The molecule has 0 amide bonds. The quantitative estimate of drug-likeness (QED) is 0.379. The molecule has 31 heavy (non-hydrogen) atoms. The van der Waals surface area contributed by atoms with Crippen LogP contribution in [0.5, 0.6) is 0 Å². The summed E-state index contributed by atoms with van der Waals surface area (Å²) in [7, 11) is 0. The summed E-state index contributed by atoms with van der Waals surface area (Å²) >= 11 is 0. The van der Waals surface area contributed by atoms with Crippen LogP contribution in [0.2, 0.25) is 0 Å². The molecule has 2 heterocycles. The maximum atomic E-state index is 12.9. The number of aromatic nitrogens is 3. The van der Waals surface area contributed by atoms with E-state index < -0.39 is 12.6 Å². The van der Waals surface area contributed by atoms with Crippen LogP contribution in [0.3, 0.4) is 0 Å². The van der Waals surface area contributed by atoms with Gasteiger partial charge in [-0.3, -0.25) is 9.59 Å². The number of para-hydroxylation sites is 1. The molecule has 0 aliphatic carbocycles. The number of carbonyl (C=O) groups excluding carboxylic acids is 2. The minimum Gasteiger partial charge on any atom is -0.452 e. The first-order chi connectivity index (χ1) is 14.9. The van der Waals surface area contributed by atoms with E-state index in [1.807, 2.05) is 45.0 Å². The lowest BCUT2D eigenvalue weighted by Crippen LogP contribution is -2.28. The van der Waals surface area contributed by atoms with Gasteiger partial charge in [-0.25, -0.2) is 9.48 Å². The van der Waals surface area contributed by atoms with Crippen molar-refractivity contribution < 1.29 is 14.3 Å². The molecule has 158 valence electrons. The molecule has 0 saturated heterocycles. The van der Waals surface area contributed by atoms with Gasteiger partial charge in [0.15, 0.2) is 12.3 Å². The Kier molecular flexibility index (Phi) is 5.42. The van der Waals surface area contributed by atoms with E-state index in [0.717, 1.165) is 16.6 Å². The molecule has 7 heteroatoms. The number of carbonyl (C=O) groups is 2. The van der Waals surface area contributed by atoms with Gasteiger partial charge in [-0.05, 0) is 25.0 Å². The third-order valence-electron chi connectivity index (χ3n) is 5.11. The predicted octanol–water partition coefficient (Wildman–Crippen LogP) is 3.88. The maximum Gasteiger partial charge on any atom is 0.359 e. The average molecular weight is 417 g/mol. The van der Waals surface area contributed by atoms with Gasteiger partial charge in [-0.15, -0.1) is 0 Å². The summed E-state index contributed by atoms with van der Waals surface area (Å²) in [4.78, 5) is 41.6. The van der Waals surface area contributed by atoms with Gasteiger partial charge in [-0.1, -0.05) is 50.2 Å². The first-order valence-electron chi connectivity index (χ1n) is 10.1. The molecule has 2 aromatic heterocycles. The summed E-state index contributed by atoms with van der Waals surface area (Å²) in [5.41, 5.74) is 1.84. The second-order valence-electron chi connectivity index (χ2n) is 7.95. The number of ether oxygens (including phenoxy) is 1. The number of hydrogen-bond donors (Lipinski definition) is 1. The summed E-state index contributed by atoms with van der Waals surface area (Å²) < 4.78 is 6.63. The second kappa shape index (κ2) is 8.18. The minimum absolute atomic E-state index is 0.0271. The highest BCUT2D eigenvalue weighted by atomic mass is 16.5. The number of H-pyrrole nitrogens is 1. The lowest BCUT2D eigenvalue weighted by molar-refractivity contribution is 0.0468. The summed E-state index contributed by atoms with van der Waals surface area (Å²) in [6.07, 6.45) is 0. The van der Waals surface area contributed by atoms with Gasteiger partial charge in [-0.2, -0.15) is 5.10 Å². The van der Waals surface area contributed by atoms with Crippen LogP contribution in [-0.2, 0) is 11.3 Å². The number of rotatable bonds is 6. The van der Waals surface area contributed by atoms with Crippen LogP contribution in [0, 0.1) is 12.8 Å². The highest BCUT2D eigenvalue weighted by Gasteiger charge is 2.21. The second-order valence-corrected chi connectivity index (χ2v) is 7.95. The van der Waals surface area contributed by atoms with Crippen molar-refractivity contribution in [3.05, 3.63) is 75.8 Å². The molecule has 0 atom stereocenters. The smallest absolute Gasteiger partial charge is 0.359 e. The highest BCUT2D eigenvalue weighted by Crippen LogP contribution is 2.22. The Balaban J connectivity index is 1.64. The molecule has 0 spiro atoms. The lowest BCUT2D eigenvalue weighted by atomic mass is 10.1. The largest absolute Gasteiger partial charge is 0.452 e. The highest BCUT2D eigenvalue weighted by molar-refractivity contribution is 6.11. The molecule has 0 fully saturated rings. The summed E-state index contributed by atoms with van der Waals surface area (Å²) in [5.74, 6) is -0.871.